The summed E-state index contributed by atoms with van der Waals surface area (Å²) in [5.41, 5.74) is 6.25. The van der Waals surface area contributed by atoms with E-state index in [0.717, 1.165) is 17.0 Å². The SMILES string of the molecule is Cc1csc(CC(=O)NNC(=O)COC(=O)[C@H]2COc3ccccc3C2)n1. The molecule has 0 radical (unpaired) electrons. The molecule has 2 N–H and O–H groups in total. The third kappa shape index (κ3) is 5.27. The third-order valence-electron chi connectivity index (χ3n) is 3.88. The second-order valence-corrected chi connectivity index (χ2v) is 7.03. The van der Waals surface area contributed by atoms with Crippen LogP contribution in [0.25, 0.3) is 0 Å². The van der Waals surface area contributed by atoms with Crippen LogP contribution < -0.4 is 15.6 Å². The number of carbonyl (C=O) groups is 3. The molecule has 2 heterocycles. The molecule has 0 fully saturated rings. The first kappa shape index (κ1) is 18.8. The molecule has 0 saturated heterocycles. The third-order valence-corrected chi connectivity index (χ3v) is 4.84. The van der Waals surface area contributed by atoms with Crippen molar-refractivity contribution < 1.29 is 23.9 Å². The summed E-state index contributed by atoms with van der Waals surface area (Å²) >= 11 is 1.37. The number of nitrogens with zero attached hydrogens (tertiary/aromatic N) is 1. The van der Waals surface area contributed by atoms with Gasteiger partial charge in [0.05, 0.1) is 12.3 Å². The summed E-state index contributed by atoms with van der Waals surface area (Å²) < 4.78 is 10.6. The zero-order valence-electron chi connectivity index (χ0n) is 14.7. The van der Waals surface area contributed by atoms with Gasteiger partial charge in [0.25, 0.3) is 5.91 Å². The Morgan fingerprint density at radius 1 is 1.26 bits per heavy atom. The lowest BCUT2D eigenvalue weighted by atomic mass is 9.97. The smallest absolute Gasteiger partial charge is 0.313 e. The normalized spacial score (nSPS) is 15.2. The molecule has 27 heavy (non-hydrogen) atoms. The number of nitrogens with one attached hydrogen (secondary N) is 2. The number of ether oxygens (including phenoxy) is 2. The van der Waals surface area contributed by atoms with Gasteiger partial charge in [0.1, 0.15) is 17.4 Å². The summed E-state index contributed by atoms with van der Waals surface area (Å²) in [6, 6.07) is 7.48. The number of fused-ring (bicyclic) bond motifs is 1. The van der Waals surface area contributed by atoms with Crippen molar-refractivity contribution in [2.75, 3.05) is 13.2 Å². The van der Waals surface area contributed by atoms with Gasteiger partial charge >= 0.3 is 5.97 Å². The number of aromatic nitrogens is 1. The largest absolute Gasteiger partial charge is 0.492 e. The Morgan fingerprint density at radius 3 is 2.81 bits per heavy atom. The lowest BCUT2D eigenvalue weighted by Gasteiger charge is -2.23. The number of esters is 1. The van der Waals surface area contributed by atoms with Crippen LogP contribution in [0.1, 0.15) is 16.3 Å². The molecule has 8 nitrogen and oxygen atoms in total. The van der Waals surface area contributed by atoms with Crippen molar-refractivity contribution in [3.05, 3.63) is 45.9 Å². The van der Waals surface area contributed by atoms with Crippen LogP contribution in [-0.4, -0.2) is 36.0 Å². The van der Waals surface area contributed by atoms with Crippen molar-refractivity contribution in [3.63, 3.8) is 0 Å². The van der Waals surface area contributed by atoms with Crippen LogP contribution in [0.15, 0.2) is 29.6 Å². The molecule has 1 aliphatic rings. The number of para-hydroxylation sites is 1. The molecule has 9 heteroatoms. The lowest BCUT2D eigenvalue weighted by Crippen LogP contribution is -2.44. The van der Waals surface area contributed by atoms with Crippen LogP contribution in [-0.2, 0) is 32.0 Å². The van der Waals surface area contributed by atoms with Crippen LogP contribution in [0.2, 0.25) is 0 Å². The number of aryl methyl sites for hydroxylation is 1. The molecule has 0 bridgehead atoms. The quantitative estimate of drug-likeness (QED) is 0.582. The van der Waals surface area contributed by atoms with Crippen molar-refractivity contribution in [1.29, 1.82) is 0 Å². The molecule has 1 atom stereocenters. The molecule has 142 valence electrons. The molecule has 2 amide bonds. The zero-order chi connectivity index (χ0) is 19.2. The minimum absolute atomic E-state index is 0.0669. The molecule has 0 spiro atoms. The number of hydrogen-bond donors (Lipinski definition) is 2. The molecule has 1 aliphatic heterocycles. The van der Waals surface area contributed by atoms with E-state index in [1.54, 1.807) is 0 Å². The first-order valence-corrected chi connectivity index (χ1v) is 9.25. The van der Waals surface area contributed by atoms with Crippen LogP contribution in [0, 0.1) is 12.8 Å². The second kappa shape index (κ2) is 8.63. The van der Waals surface area contributed by atoms with E-state index in [9.17, 15) is 14.4 Å². The average molecular weight is 389 g/mol. The molecular weight excluding hydrogens is 370 g/mol. The fourth-order valence-corrected chi connectivity index (χ4v) is 3.35. The van der Waals surface area contributed by atoms with Crippen molar-refractivity contribution in [2.24, 2.45) is 5.92 Å². The van der Waals surface area contributed by atoms with Gasteiger partial charge in [0.2, 0.25) is 5.91 Å². The first-order chi connectivity index (χ1) is 13.0. The Balaban J connectivity index is 1.37. The molecule has 1 aromatic carbocycles. The van der Waals surface area contributed by atoms with Gasteiger partial charge in [-0.3, -0.25) is 25.2 Å². The van der Waals surface area contributed by atoms with E-state index >= 15 is 0 Å². The van der Waals surface area contributed by atoms with E-state index in [1.807, 2.05) is 36.6 Å². The molecule has 2 aromatic rings. The van der Waals surface area contributed by atoms with Gasteiger partial charge in [-0.25, -0.2) is 4.98 Å². The van der Waals surface area contributed by atoms with E-state index in [1.165, 1.54) is 11.3 Å². The second-order valence-electron chi connectivity index (χ2n) is 6.08. The number of benzene rings is 1. The van der Waals surface area contributed by atoms with Crippen LogP contribution in [0.4, 0.5) is 0 Å². The minimum Gasteiger partial charge on any atom is -0.492 e. The highest BCUT2D eigenvalue weighted by Crippen LogP contribution is 2.27. The summed E-state index contributed by atoms with van der Waals surface area (Å²) in [6.07, 6.45) is 0.567. The highest BCUT2D eigenvalue weighted by molar-refractivity contribution is 7.09. The predicted molar refractivity (Wildman–Crippen MR) is 96.9 cm³/mol. The highest BCUT2D eigenvalue weighted by atomic mass is 32.1. The maximum absolute atomic E-state index is 12.1. The number of hydrogen-bond acceptors (Lipinski definition) is 7. The van der Waals surface area contributed by atoms with Crippen LogP contribution in [0.3, 0.4) is 0 Å². The summed E-state index contributed by atoms with van der Waals surface area (Å²) in [5, 5.41) is 2.50. The Bertz CT molecular complexity index is 851. The van der Waals surface area contributed by atoms with Crippen molar-refractivity contribution >= 4 is 29.1 Å². The van der Waals surface area contributed by atoms with Gasteiger partial charge < -0.3 is 9.47 Å². The molecule has 0 aliphatic carbocycles. The molecule has 0 saturated carbocycles. The Morgan fingerprint density at radius 2 is 2.04 bits per heavy atom. The van der Waals surface area contributed by atoms with Gasteiger partial charge in [0, 0.05) is 11.1 Å². The fourth-order valence-electron chi connectivity index (χ4n) is 2.57. The summed E-state index contributed by atoms with van der Waals surface area (Å²) in [4.78, 5) is 39.8. The fraction of sp³-hybridized carbons (Fsp3) is 0.333. The highest BCUT2D eigenvalue weighted by Gasteiger charge is 2.27. The van der Waals surface area contributed by atoms with E-state index in [0.29, 0.717) is 11.4 Å². The Kier molecular flexibility index (Phi) is 6.02. The molecule has 3 rings (SSSR count). The Labute approximate surface area is 159 Å². The minimum atomic E-state index is -0.621. The zero-order valence-corrected chi connectivity index (χ0v) is 15.5. The number of thiazole rings is 1. The predicted octanol–water partition coefficient (Wildman–Crippen LogP) is 0.936. The van der Waals surface area contributed by atoms with Gasteiger partial charge in [-0.15, -0.1) is 11.3 Å². The van der Waals surface area contributed by atoms with E-state index in [2.05, 4.69) is 15.8 Å². The summed E-state index contributed by atoms with van der Waals surface area (Å²) in [6.45, 7) is 1.57. The van der Waals surface area contributed by atoms with E-state index < -0.39 is 30.3 Å². The maximum Gasteiger partial charge on any atom is 0.313 e. The summed E-state index contributed by atoms with van der Waals surface area (Å²) in [5.74, 6) is -1.23. The number of rotatable bonds is 5. The number of amides is 2. The average Bonchev–Trinajstić information content (AvgIpc) is 3.08. The number of hydrazine groups is 1. The van der Waals surface area contributed by atoms with Crippen molar-refractivity contribution in [3.8, 4) is 5.75 Å². The van der Waals surface area contributed by atoms with Gasteiger partial charge in [-0.1, -0.05) is 18.2 Å². The van der Waals surface area contributed by atoms with Crippen molar-refractivity contribution in [1.82, 2.24) is 15.8 Å². The number of carbonyl (C=O) groups excluding carboxylic acids is 3. The summed E-state index contributed by atoms with van der Waals surface area (Å²) in [7, 11) is 0. The first-order valence-electron chi connectivity index (χ1n) is 8.37. The standard InChI is InChI=1S/C18H19N3O5S/c1-11-10-27-17(19-11)7-15(22)20-21-16(23)9-26-18(24)13-6-12-4-2-3-5-14(12)25-8-13/h2-5,10,13H,6-9H2,1H3,(H,20,22)(H,21,23)/t13-/m1/s1. The van der Waals surface area contributed by atoms with Gasteiger partial charge in [-0.05, 0) is 25.0 Å². The van der Waals surface area contributed by atoms with E-state index in [-0.39, 0.29) is 13.0 Å². The van der Waals surface area contributed by atoms with Crippen LogP contribution >= 0.6 is 11.3 Å². The topological polar surface area (TPSA) is 107 Å². The molecular formula is C18H19N3O5S. The van der Waals surface area contributed by atoms with Crippen LogP contribution in [0.5, 0.6) is 5.75 Å². The lowest BCUT2D eigenvalue weighted by molar-refractivity contribution is -0.154. The van der Waals surface area contributed by atoms with Gasteiger partial charge in [-0.2, -0.15) is 0 Å². The van der Waals surface area contributed by atoms with E-state index in [4.69, 9.17) is 9.47 Å². The van der Waals surface area contributed by atoms with Gasteiger partial charge in [0.15, 0.2) is 6.61 Å². The maximum atomic E-state index is 12.1. The molecule has 0 unspecified atom stereocenters. The molecule has 1 aromatic heterocycles. The van der Waals surface area contributed by atoms with Crippen molar-refractivity contribution in [2.45, 2.75) is 19.8 Å². The monoisotopic (exact) mass is 389 g/mol. The Hall–Kier alpha value is -2.94.